The van der Waals surface area contributed by atoms with Crippen molar-refractivity contribution in [3.63, 3.8) is 0 Å². The lowest BCUT2D eigenvalue weighted by molar-refractivity contribution is 0.823. The number of para-hydroxylation sites is 1. The molecule has 1 nitrogen and oxygen atoms in total. The third-order valence-corrected chi connectivity index (χ3v) is 4.49. The molecule has 0 radical (unpaired) electrons. The molecule has 18 heavy (non-hydrogen) atoms. The van der Waals surface area contributed by atoms with Crippen LogP contribution in [0.2, 0.25) is 0 Å². The minimum atomic E-state index is 0.559. The third-order valence-electron chi connectivity index (χ3n) is 4.49. The quantitative estimate of drug-likeness (QED) is 0.678. The van der Waals surface area contributed by atoms with E-state index >= 15 is 0 Å². The van der Waals surface area contributed by atoms with Gasteiger partial charge in [-0.3, -0.25) is 0 Å². The Balaban J connectivity index is 2.42. The first-order valence-electron chi connectivity index (χ1n) is 6.82. The van der Waals surface area contributed by atoms with Crippen LogP contribution in [0.4, 0.5) is 0 Å². The smallest absolute Gasteiger partial charge is 0.0488 e. The molecule has 0 aliphatic heterocycles. The van der Waals surface area contributed by atoms with Crippen LogP contribution in [0, 0.1) is 5.92 Å². The monoisotopic (exact) mass is 239 g/mol. The first-order chi connectivity index (χ1) is 8.54. The molecule has 1 aliphatic rings. The van der Waals surface area contributed by atoms with Crippen LogP contribution in [0.15, 0.2) is 29.8 Å². The number of hydrogen-bond acceptors (Lipinski definition) is 0. The molecule has 0 saturated carbocycles. The summed E-state index contributed by atoms with van der Waals surface area (Å²) in [5.41, 5.74) is 7.47. The zero-order valence-corrected chi connectivity index (χ0v) is 11.9. The largest absolute Gasteiger partial charge is 0.344 e. The summed E-state index contributed by atoms with van der Waals surface area (Å²) >= 11 is 0. The second kappa shape index (κ2) is 3.74. The predicted molar refractivity (Wildman–Crippen MR) is 78.8 cm³/mol. The van der Waals surface area contributed by atoms with Crippen LogP contribution in [0.25, 0.3) is 16.5 Å². The van der Waals surface area contributed by atoms with Gasteiger partial charge >= 0.3 is 0 Å². The summed E-state index contributed by atoms with van der Waals surface area (Å²) in [4.78, 5) is 0. The van der Waals surface area contributed by atoms with Crippen molar-refractivity contribution in [1.29, 1.82) is 0 Å². The van der Waals surface area contributed by atoms with Crippen molar-refractivity contribution in [2.75, 3.05) is 0 Å². The average Bonchev–Trinajstić information content (AvgIpc) is 2.77. The van der Waals surface area contributed by atoms with Crippen LogP contribution in [0.1, 0.15) is 44.9 Å². The second-order valence-electron chi connectivity index (χ2n) is 5.81. The summed E-state index contributed by atoms with van der Waals surface area (Å²) in [6.45, 7) is 9.25. The van der Waals surface area contributed by atoms with Gasteiger partial charge in [0.05, 0.1) is 0 Å². The molecule has 0 N–H and O–H groups in total. The molecular weight excluding hydrogens is 218 g/mol. The lowest BCUT2D eigenvalue weighted by atomic mass is 9.96. The molecule has 1 aliphatic carbocycles. The number of nitrogens with zero attached hydrogens (tertiary/aromatic N) is 1. The zero-order chi connectivity index (χ0) is 13.0. The van der Waals surface area contributed by atoms with E-state index in [9.17, 15) is 0 Å². The van der Waals surface area contributed by atoms with Crippen LogP contribution in [-0.4, -0.2) is 4.57 Å². The molecule has 1 atom stereocenters. The topological polar surface area (TPSA) is 4.93 Å². The van der Waals surface area contributed by atoms with Gasteiger partial charge in [0.2, 0.25) is 0 Å². The molecule has 94 valence electrons. The van der Waals surface area contributed by atoms with Gasteiger partial charge in [0.1, 0.15) is 0 Å². The van der Waals surface area contributed by atoms with Gasteiger partial charge in [-0.05, 0) is 30.0 Å². The SMILES string of the molecule is CC1=C(C(C)C)c2c(c3ccccc3n2C)C1C. The number of hydrogen-bond donors (Lipinski definition) is 0. The van der Waals surface area contributed by atoms with Gasteiger partial charge in [0, 0.05) is 29.6 Å². The summed E-state index contributed by atoms with van der Waals surface area (Å²) in [6.07, 6.45) is 0. The van der Waals surface area contributed by atoms with Crippen molar-refractivity contribution in [1.82, 2.24) is 4.57 Å². The van der Waals surface area contributed by atoms with E-state index in [1.165, 1.54) is 22.2 Å². The van der Waals surface area contributed by atoms with E-state index in [1.54, 1.807) is 11.1 Å². The molecule has 1 aromatic carbocycles. The van der Waals surface area contributed by atoms with Crippen molar-refractivity contribution in [3.8, 4) is 0 Å². The van der Waals surface area contributed by atoms with Gasteiger partial charge in [-0.2, -0.15) is 0 Å². The van der Waals surface area contributed by atoms with Crippen LogP contribution in [0.5, 0.6) is 0 Å². The van der Waals surface area contributed by atoms with E-state index in [-0.39, 0.29) is 0 Å². The Labute approximate surface area is 109 Å². The number of benzene rings is 1. The first-order valence-corrected chi connectivity index (χ1v) is 6.82. The predicted octanol–water partition coefficient (Wildman–Crippen LogP) is 4.72. The van der Waals surface area contributed by atoms with Crippen molar-refractivity contribution < 1.29 is 0 Å². The molecule has 1 aromatic heterocycles. The molecule has 1 heterocycles. The Hall–Kier alpha value is -1.50. The van der Waals surface area contributed by atoms with Crippen LogP contribution in [-0.2, 0) is 7.05 Å². The highest BCUT2D eigenvalue weighted by atomic mass is 15.0. The van der Waals surface area contributed by atoms with Gasteiger partial charge in [-0.25, -0.2) is 0 Å². The molecule has 3 rings (SSSR count). The van der Waals surface area contributed by atoms with E-state index in [2.05, 4.69) is 63.6 Å². The maximum absolute atomic E-state index is 2.38. The summed E-state index contributed by atoms with van der Waals surface area (Å²) in [7, 11) is 2.20. The number of allylic oxidation sites excluding steroid dienone is 2. The van der Waals surface area contributed by atoms with Crippen molar-refractivity contribution in [3.05, 3.63) is 41.1 Å². The Morgan fingerprint density at radius 1 is 1.17 bits per heavy atom. The van der Waals surface area contributed by atoms with Crippen LogP contribution >= 0.6 is 0 Å². The van der Waals surface area contributed by atoms with E-state index < -0.39 is 0 Å². The molecule has 0 fully saturated rings. The van der Waals surface area contributed by atoms with Gasteiger partial charge < -0.3 is 4.57 Å². The minimum absolute atomic E-state index is 0.559. The van der Waals surface area contributed by atoms with Crippen molar-refractivity contribution >= 4 is 16.5 Å². The first kappa shape index (κ1) is 11.6. The number of fused-ring (bicyclic) bond motifs is 3. The van der Waals surface area contributed by atoms with Crippen LogP contribution < -0.4 is 0 Å². The molecule has 0 spiro atoms. The molecule has 0 amide bonds. The lowest BCUT2D eigenvalue weighted by Crippen LogP contribution is -2.00. The molecule has 0 saturated heterocycles. The van der Waals surface area contributed by atoms with E-state index in [1.807, 2.05) is 0 Å². The number of aryl methyl sites for hydroxylation is 1. The Bertz CT molecular complexity index is 656. The highest BCUT2D eigenvalue weighted by Crippen LogP contribution is 2.48. The lowest BCUT2D eigenvalue weighted by Gasteiger charge is -2.13. The van der Waals surface area contributed by atoms with Crippen molar-refractivity contribution in [2.45, 2.75) is 33.6 Å². The van der Waals surface area contributed by atoms with Gasteiger partial charge in [-0.15, -0.1) is 0 Å². The maximum Gasteiger partial charge on any atom is 0.0488 e. The molecule has 1 unspecified atom stereocenters. The van der Waals surface area contributed by atoms with Gasteiger partial charge in [0.25, 0.3) is 0 Å². The van der Waals surface area contributed by atoms with Gasteiger partial charge in [0.15, 0.2) is 0 Å². The second-order valence-corrected chi connectivity index (χ2v) is 5.81. The molecular formula is C17H21N. The number of rotatable bonds is 1. The third kappa shape index (κ3) is 1.28. The zero-order valence-electron chi connectivity index (χ0n) is 11.9. The minimum Gasteiger partial charge on any atom is -0.344 e. The summed E-state index contributed by atoms with van der Waals surface area (Å²) < 4.78 is 2.38. The maximum atomic E-state index is 2.38. The fourth-order valence-corrected chi connectivity index (χ4v) is 3.55. The highest BCUT2D eigenvalue weighted by molar-refractivity contribution is 5.95. The Morgan fingerprint density at radius 3 is 2.50 bits per heavy atom. The van der Waals surface area contributed by atoms with E-state index in [0.29, 0.717) is 11.8 Å². The normalized spacial score (nSPS) is 19.1. The Morgan fingerprint density at radius 2 is 1.83 bits per heavy atom. The standard InChI is InChI=1S/C17H21N/c1-10(2)15-11(3)12(4)16-13-8-6-7-9-14(13)18(5)17(15)16/h6-10,12H,1-5H3. The molecule has 2 aromatic rings. The number of aromatic nitrogens is 1. The fourth-order valence-electron chi connectivity index (χ4n) is 3.55. The van der Waals surface area contributed by atoms with E-state index in [0.717, 1.165) is 0 Å². The van der Waals surface area contributed by atoms with Crippen molar-refractivity contribution in [2.24, 2.45) is 13.0 Å². The highest BCUT2D eigenvalue weighted by Gasteiger charge is 2.32. The Kier molecular flexibility index (Phi) is 2.41. The van der Waals surface area contributed by atoms with E-state index in [4.69, 9.17) is 0 Å². The fraction of sp³-hybridized carbons (Fsp3) is 0.412. The average molecular weight is 239 g/mol. The van der Waals surface area contributed by atoms with Gasteiger partial charge in [-0.1, -0.05) is 44.5 Å². The molecule has 1 heteroatoms. The summed E-state index contributed by atoms with van der Waals surface area (Å²) in [5.74, 6) is 1.15. The van der Waals surface area contributed by atoms with Crippen LogP contribution in [0.3, 0.4) is 0 Å². The molecule has 0 bridgehead atoms. The summed E-state index contributed by atoms with van der Waals surface area (Å²) in [6, 6.07) is 8.78. The summed E-state index contributed by atoms with van der Waals surface area (Å²) in [5, 5.41) is 1.43.